The summed E-state index contributed by atoms with van der Waals surface area (Å²) < 4.78 is 5.39. The third kappa shape index (κ3) is 4.23. The van der Waals surface area contributed by atoms with Gasteiger partial charge in [0.05, 0.1) is 0 Å². The maximum atomic E-state index is 11.8. The van der Waals surface area contributed by atoms with E-state index in [9.17, 15) is 9.59 Å². The van der Waals surface area contributed by atoms with E-state index >= 15 is 0 Å². The molecule has 2 aromatic rings. The molecule has 5 nitrogen and oxygen atoms in total. The molecule has 22 heavy (non-hydrogen) atoms. The number of carbonyl (C=O) groups excluding carboxylic acids is 2. The number of hydrogen-bond donors (Lipinski definition) is 2. The minimum Gasteiger partial charge on any atom is -0.484 e. The summed E-state index contributed by atoms with van der Waals surface area (Å²) in [6, 6.07) is 11.5. The molecule has 0 aliphatic carbocycles. The number of aryl methyl sites for hydroxylation is 1. The molecule has 6 heteroatoms. The lowest BCUT2D eigenvalue weighted by molar-refractivity contribution is -0.118. The van der Waals surface area contributed by atoms with Crippen LogP contribution in [0.25, 0.3) is 0 Å². The highest BCUT2D eigenvalue weighted by Crippen LogP contribution is 2.21. The summed E-state index contributed by atoms with van der Waals surface area (Å²) in [6.07, 6.45) is 0. The van der Waals surface area contributed by atoms with Gasteiger partial charge < -0.3 is 15.8 Å². The van der Waals surface area contributed by atoms with Crippen LogP contribution in [-0.2, 0) is 4.79 Å². The Labute approximate surface area is 133 Å². The fourth-order valence-corrected chi connectivity index (χ4v) is 1.92. The van der Waals surface area contributed by atoms with Gasteiger partial charge in [-0.25, -0.2) is 0 Å². The monoisotopic (exact) mass is 318 g/mol. The predicted molar refractivity (Wildman–Crippen MR) is 85.3 cm³/mol. The number of rotatable bonds is 5. The van der Waals surface area contributed by atoms with Crippen LogP contribution in [0.3, 0.4) is 0 Å². The average molecular weight is 319 g/mol. The molecular weight excluding hydrogens is 304 g/mol. The van der Waals surface area contributed by atoms with E-state index in [1.807, 2.05) is 6.92 Å². The van der Waals surface area contributed by atoms with Crippen LogP contribution in [-0.4, -0.2) is 18.4 Å². The molecular formula is C16H15ClN2O3. The summed E-state index contributed by atoms with van der Waals surface area (Å²) in [6.45, 7) is 1.70. The van der Waals surface area contributed by atoms with Gasteiger partial charge in [0, 0.05) is 16.3 Å². The molecule has 2 aromatic carbocycles. The van der Waals surface area contributed by atoms with Crippen molar-refractivity contribution in [2.45, 2.75) is 6.92 Å². The lowest BCUT2D eigenvalue weighted by Crippen LogP contribution is -2.20. The second kappa shape index (κ2) is 6.95. The number of hydrogen-bond acceptors (Lipinski definition) is 3. The van der Waals surface area contributed by atoms with Gasteiger partial charge in [-0.05, 0) is 48.9 Å². The van der Waals surface area contributed by atoms with Crippen LogP contribution in [0.4, 0.5) is 5.69 Å². The summed E-state index contributed by atoms with van der Waals surface area (Å²) in [5.41, 5.74) is 6.87. The van der Waals surface area contributed by atoms with Crippen LogP contribution in [0.5, 0.6) is 5.75 Å². The van der Waals surface area contributed by atoms with Gasteiger partial charge in [0.15, 0.2) is 6.61 Å². The van der Waals surface area contributed by atoms with Gasteiger partial charge in [0.1, 0.15) is 5.75 Å². The first-order chi connectivity index (χ1) is 10.5. The Morgan fingerprint density at radius 2 is 2.00 bits per heavy atom. The van der Waals surface area contributed by atoms with Gasteiger partial charge in [0.2, 0.25) is 5.91 Å². The zero-order valence-corrected chi connectivity index (χ0v) is 12.7. The number of nitrogens with two attached hydrogens (primary N) is 1. The highest BCUT2D eigenvalue weighted by Gasteiger charge is 2.07. The Bertz CT molecular complexity index is 716. The van der Waals surface area contributed by atoms with E-state index in [1.165, 1.54) is 6.07 Å². The first kappa shape index (κ1) is 15.9. The molecule has 3 N–H and O–H groups in total. The van der Waals surface area contributed by atoms with Crippen molar-refractivity contribution in [1.29, 1.82) is 0 Å². The van der Waals surface area contributed by atoms with Crippen LogP contribution in [0, 0.1) is 6.92 Å². The molecule has 0 aromatic heterocycles. The van der Waals surface area contributed by atoms with Crippen molar-refractivity contribution in [2.24, 2.45) is 5.73 Å². The lowest BCUT2D eigenvalue weighted by atomic mass is 10.2. The van der Waals surface area contributed by atoms with Gasteiger partial charge in [-0.3, -0.25) is 9.59 Å². The zero-order valence-electron chi connectivity index (χ0n) is 11.9. The molecule has 2 amide bonds. The first-order valence-electron chi connectivity index (χ1n) is 6.54. The molecule has 0 saturated heterocycles. The fourth-order valence-electron chi connectivity index (χ4n) is 1.80. The predicted octanol–water partition coefficient (Wildman–Crippen LogP) is 2.76. The first-order valence-corrected chi connectivity index (χ1v) is 6.92. The minimum absolute atomic E-state index is 0.151. The van der Waals surface area contributed by atoms with E-state index in [-0.39, 0.29) is 12.5 Å². The molecule has 2 rings (SSSR count). The van der Waals surface area contributed by atoms with Crippen molar-refractivity contribution >= 4 is 29.1 Å². The van der Waals surface area contributed by atoms with Gasteiger partial charge in [0.25, 0.3) is 5.91 Å². The van der Waals surface area contributed by atoms with Gasteiger partial charge >= 0.3 is 0 Å². The fraction of sp³-hybridized carbons (Fsp3) is 0.125. The normalized spacial score (nSPS) is 10.1. The Balaban J connectivity index is 1.94. The van der Waals surface area contributed by atoms with E-state index in [1.54, 1.807) is 36.4 Å². The quantitative estimate of drug-likeness (QED) is 0.889. The molecule has 0 fully saturated rings. The summed E-state index contributed by atoms with van der Waals surface area (Å²) in [4.78, 5) is 22.9. The average Bonchev–Trinajstić information content (AvgIpc) is 2.49. The third-order valence-corrected chi connectivity index (χ3v) is 3.35. The van der Waals surface area contributed by atoms with Crippen molar-refractivity contribution in [2.75, 3.05) is 11.9 Å². The number of nitrogens with one attached hydrogen (secondary N) is 1. The maximum absolute atomic E-state index is 11.8. The second-order valence-corrected chi connectivity index (χ2v) is 5.10. The minimum atomic E-state index is -0.552. The largest absolute Gasteiger partial charge is 0.484 e. The van der Waals surface area contributed by atoms with Crippen molar-refractivity contribution in [3.05, 3.63) is 58.6 Å². The molecule has 0 atom stereocenters. The summed E-state index contributed by atoms with van der Waals surface area (Å²) >= 11 is 5.92. The zero-order chi connectivity index (χ0) is 16.1. The Morgan fingerprint density at radius 1 is 1.23 bits per heavy atom. The van der Waals surface area contributed by atoms with Crippen LogP contribution >= 0.6 is 11.6 Å². The third-order valence-electron chi connectivity index (χ3n) is 2.93. The van der Waals surface area contributed by atoms with E-state index in [4.69, 9.17) is 22.1 Å². The van der Waals surface area contributed by atoms with E-state index in [0.717, 1.165) is 5.56 Å². The standard InChI is InChI=1S/C16H15ClN2O3/c1-10-7-13(5-6-14(10)17)22-9-15(20)19-12-4-2-3-11(8-12)16(18)21/h2-8H,9H2,1H3,(H2,18,21)(H,19,20). The van der Waals surface area contributed by atoms with Crippen molar-refractivity contribution < 1.29 is 14.3 Å². The molecule has 0 unspecified atom stereocenters. The van der Waals surface area contributed by atoms with E-state index in [2.05, 4.69) is 5.32 Å². The van der Waals surface area contributed by atoms with Crippen LogP contribution < -0.4 is 15.8 Å². The van der Waals surface area contributed by atoms with Gasteiger partial charge in [-0.1, -0.05) is 17.7 Å². The smallest absolute Gasteiger partial charge is 0.262 e. The molecule has 0 spiro atoms. The van der Waals surface area contributed by atoms with Crippen LogP contribution in [0.1, 0.15) is 15.9 Å². The molecule has 0 radical (unpaired) electrons. The summed E-state index contributed by atoms with van der Waals surface area (Å²) in [5.74, 6) is -0.332. The highest BCUT2D eigenvalue weighted by atomic mass is 35.5. The number of ether oxygens (including phenoxy) is 1. The van der Waals surface area contributed by atoms with E-state index in [0.29, 0.717) is 22.0 Å². The van der Waals surface area contributed by atoms with Crippen molar-refractivity contribution in [3.8, 4) is 5.75 Å². The molecule has 0 saturated carbocycles. The SMILES string of the molecule is Cc1cc(OCC(=O)Nc2cccc(C(N)=O)c2)ccc1Cl. The van der Waals surface area contributed by atoms with Gasteiger partial charge in [-0.15, -0.1) is 0 Å². The number of halogens is 1. The van der Waals surface area contributed by atoms with Crippen LogP contribution in [0.15, 0.2) is 42.5 Å². The molecule has 114 valence electrons. The van der Waals surface area contributed by atoms with Crippen molar-refractivity contribution in [3.63, 3.8) is 0 Å². The topological polar surface area (TPSA) is 81.4 Å². The second-order valence-electron chi connectivity index (χ2n) is 4.69. The van der Waals surface area contributed by atoms with Crippen LogP contribution in [0.2, 0.25) is 5.02 Å². The lowest BCUT2D eigenvalue weighted by Gasteiger charge is -2.09. The molecule has 0 aliphatic heterocycles. The number of amides is 2. The molecule has 0 heterocycles. The summed E-state index contributed by atoms with van der Waals surface area (Å²) in [7, 11) is 0. The number of carbonyl (C=O) groups is 2. The number of benzene rings is 2. The highest BCUT2D eigenvalue weighted by molar-refractivity contribution is 6.31. The van der Waals surface area contributed by atoms with E-state index < -0.39 is 5.91 Å². The Kier molecular flexibility index (Phi) is 5.01. The number of anilines is 1. The molecule has 0 aliphatic rings. The van der Waals surface area contributed by atoms with Crippen molar-refractivity contribution in [1.82, 2.24) is 0 Å². The molecule has 0 bridgehead atoms. The Morgan fingerprint density at radius 3 is 2.68 bits per heavy atom. The maximum Gasteiger partial charge on any atom is 0.262 e. The number of primary amides is 1. The summed E-state index contributed by atoms with van der Waals surface area (Å²) in [5, 5.41) is 3.27. The Hall–Kier alpha value is -2.53. The van der Waals surface area contributed by atoms with Gasteiger partial charge in [-0.2, -0.15) is 0 Å².